The summed E-state index contributed by atoms with van der Waals surface area (Å²) in [6, 6.07) is 13.3. The second kappa shape index (κ2) is 5.05. The van der Waals surface area contributed by atoms with Crippen molar-refractivity contribution in [1.29, 1.82) is 0 Å². The SMILES string of the molecule is Cc1ccn2c(C(=O)NNc3ccccc3)cnc2c1. The van der Waals surface area contributed by atoms with Crippen LogP contribution in [0.4, 0.5) is 5.69 Å². The Morgan fingerprint density at radius 2 is 2.00 bits per heavy atom. The second-order valence-corrected chi connectivity index (χ2v) is 4.52. The fourth-order valence-corrected chi connectivity index (χ4v) is 1.96. The third-order valence-corrected chi connectivity index (χ3v) is 3.00. The Labute approximate surface area is 116 Å². The molecule has 2 aromatic heterocycles. The van der Waals surface area contributed by atoms with Crippen LogP contribution in [-0.2, 0) is 0 Å². The fourth-order valence-electron chi connectivity index (χ4n) is 1.96. The van der Waals surface area contributed by atoms with E-state index in [4.69, 9.17) is 0 Å². The standard InChI is InChI=1S/C15H14N4O/c1-11-7-8-19-13(10-16-14(19)9-11)15(20)18-17-12-5-3-2-4-6-12/h2-10,17H,1H3,(H,18,20). The summed E-state index contributed by atoms with van der Waals surface area (Å²) in [5, 5.41) is 0. The first-order valence-electron chi connectivity index (χ1n) is 6.29. The highest BCUT2D eigenvalue weighted by atomic mass is 16.2. The maximum atomic E-state index is 12.1. The van der Waals surface area contributed by atoms with Gasteiger partial charge in [-0.15, -0.1) is 0 Å². The molecule has 0 fully saturated rings. The first-order valence-corrected chi connectivity index (χ1v) is 6.29. The maximum Gasteiger partial charge on any atom is 0.288 e. The number of amides is 1. The first kappa shape index (κ1) is 12.2. The van der Waals surface area contributed by atoms with Gasteiger partial charge >= 0.3 is 0 Å². The number of anilines is 1. The van der Waals surface area contributed by atoms with E-state index in [1.165, 1.54) is 0 Å². The quantitative estimate of drug-likeness (QED) is 0.716. The first-order chi connectivity index (χ1) is 9.74. The van der Waals surface area contributed by atoms with Crippen molar-refractivity contribution in [2.45, 2.75) is 6.92 Å². The number of aromatic nitrogens is 2. The van der Waals surface area contributed by atoms with Crippen molar-refractivity contribution in [3.63, 3.8) is 0 Å². The monoisotopic (exact) mass is 266 g/mol. The molecule has 3 rings (SSSR count). The Bertz CT molecular complexity index is 749. The summed E-state index contributed by atoms with van der Waals surface area (Å²) in [4.78, 5) is 16.4. The molecule has 0 bridgehead atoms. The number of imidazole rings is 1. The molecule has 2 heterocycles. The number of pyridine rings is 1. The molecule has 0 aliphatic heterocycles. The van der Waals surface area contributed by atoms with E-state index >= 15 is 0 Å². The van der Waals surface area contributed by atoms with Crippen molar-refractivity contribution < 1.29 is 4.79 Å². The van der Waals surface area contributed by atoms with E-state index in [1.807, 2.05) is 55.6 Å². The molecular weight excluding hydrogens is 252 g/mol. The molecule has 0 atom stereocenters. The topological polar surface area (TPSA) is 58.4 Å². The summed E-state index contributed by atoms with van der Waals surface area (Å²) >= 11 is 0. The summed E-state index contributed by atoms with van der Waals surface area (Å²) in [6.07, 6.45) is 3.41. The van der Waals surface area contributed by atoms with E-state index in [0.717, 1.165) is 16.9 Å². The maximum absolute atomic E-state index is 12.1. The van der Waals surface area contributed by atoms with Gasteiger partial charge in [-0.3, -0.25) is 20.0 Å². The molecule has 5 heteroatoms. The van der Waals surface area contributed by atoms with Crippen LogP contribution in [0.15, 0.2) is 54.9 Å². The van der Waals surface area contributed by atoms with Gasteiger partial charge in [-0.2, -0.15) is 0 Å². The molecule has 100 valence electrons. The normalized spacial score (nSPS) is 10.4. The van der Waals surface area contributed by atoms with Gasteiger partial charge < -0.3 is 0 Å². The minimum Gasteiger partial charge on any atom is -0.298 e. The Hall–Kier alpha value is -2.82. The van der Waals surface area contributed by atoms with E-state index in [1.54, 1.807) is 10.6 Å². The number of nitrogens with one attached hydrogen (secondary N) is 2. The Kier molecular flexibility index (Phi) is 3.09. The van der Waals surface area contributed by atoms with Gasteiger partial charge in [0.15, 0.2) is 0 Å². The molecule has 0 radical (unpaired) electrons. The zero-order chi connectivity index (χ0) is 13.9. The van der Waals surface area contributed by atoms with E-state index in [2.05, 4.69) is 15.8 Å². The zero-order valence-corrected chi connectivity index (χ0v) is 11.0. The number of para-hydroxylation sites is 1. The van der Waals surface area contributed by atoms with Gasteiger partial charge in [0.2, 0.25) is 0 Å². The predicted molar refractivity (Wildman–Crippen MR) is 77.5 cm³/mol. The molecule has 0 unspecified atom stereocenters. The van der Waals surface area contributed by atoms with Crippen LogP contribution in [0.25, 0.3) is 5.65 Å². The third-order valence-electron chi connectivity index (χ3n) is 3.00. The molecule has 0 saturated carbocycles. The highest BCUT2D eigenvalue weighted by molar-refractivity contribution is 5.94. The van der Waals surface area contributed by atoms with E-state index in [0.29, 0.717) is 5.69 Å². The van der Waals surface area contributed by atoms with Gasteiger partial charge in [0.1, 0.15) is 11.3 Å². The van der Waals surface area contributed by atoms with E-state index in [9.17, 15) is 4.79 Å². The summed E-state index contributed by atoms with van der Waals surface area (Å²) in [5.41, 5.74) is 8.71. The molecule has 2 N–H and O–H groups in total. The van der Waals surface area contributed by atoms with Gasteiger partial charge in [-0.25, -0.2) is 4.98 Å². The lowest BCUT2D eigenvalue weighted by molar-refractivity contribution is 0.0957. The smallest absolute Gasteiger partial charge is 0.288 e. The van der Waals surface area contributed by atoms with Crippen LogP contribution in [0.5, 0.6) is 0 Å². The van der Waals surface area contributed by atoms with Crippen LogP contribution in [0, 0.1) is 6.92 Å². The minimum absolute atomic E-state index is 0.231. The average molecular weight is 266 g/mol. The average Bonchev–Trinajstić information content (AvgIpc) is 2.89. The van der Waals surface area contributed by atoms with Crippen molar-refractivity contribution in [2.24, 2.45) is 0 Å². The lowest BCUT2D eigenvalue weighted by Gasteiger charge is -2.08. The highest BCUT2D eigenvalue weighted by Crippen LogP contribution is 2.09. The number of carbonyl (C=O) groups excluding carboxylic acids is 1. The van der Waals surface area contributed by atoms with Crippen molar-refractivity contribution in [1.82, 2.24) is 14.8 Å². The molecule has 20 heavy (non-hydrogen) atoms. The largest absolute Gasteiger partial charge is 0.298 e. The van der Waals surface area contributed by atoms with Crippen molar-refractivity contribution in [3.8, 4) is 0 Å². The number of benzene rings is 1. The molecular formula is C15H14N4O. The van der Waals surface area contributed by atoms with Gasteiger partial charge in [0.05, 0.1) is 11.9 Å². The number of carbonyl (C=O) groups is 1. The molecule has 1 amide bonds. The van der Waals surface area contributed by atoms with E-state index < -0.39 is 0 Å². The summed E-state index contributed by atoms with van der Waals surface area (Å²) < 4.78 is 1.76. The van der Waals surface area contributed by atoms with Crippen LogP contribution >= 0.6 is 0 Å². The van der Waals surface area contributed by atoms with Crippen LogP contribution in [0.1, 0.15) is 16.1 Å². The molecule has 0 saturated heterocycles. The number of fused-ring (bicyclic) bond motifs is 1. The highest BCUT2D eigenvalue weighted by Gasteiger charge is 2.11. The van der Waals surface area contributed by atoms with Crippen molar-refractivity contribution in [2.75, 3.05) is 5.43 Å². The van der Waals surface area contributed by atoms with E-state index in [-0.39, 0.29) is 5.91 Å². The molecule has 0 aliphatic carbocycles. The number of hydrogen-bond acceptors (Lipinski definition) is 3. The lowest BCUT2D eigenvalue weighted by atomic mass is 10.3. The Morgan fingerprint density at radius 3 is 2.80 bits per heavy atom. The van der Waals surface area contributed by atoms with Gasteiger partial charge in [-0.1, -0.05) is 18.2 Å². The summed E-state index contributed by atoms with van der Waals surface area (Å²) in [5.74, 6) is -0.231. The summed E-state index contributed by atoms with van der Waals surface area (Å²) in [6.45, 7) is 1.99. The molecule has 5 nitrogen and oxygen atoms in total. The third kappa shape index (κ3) is 2.33. The van der Waals surface area contributed by atoms with Crippen LogP contribution in [-0.4, -0.2) is 15.3 Å². The fraction of sp³-hybridized carbons (Fsp3) is 0.0667. The summed E-state index contributed by atoms with van der Waals surface area (Å²) in [7, 11) is 0. The van der Waals surface area contributed by atoms with Crippen molar-refractivity contribution in [3.05, 3.63) is 66.1 Å². The number of nitrogens with zero attached hydrogens (tertiary/aromatic N) is 2. The molecule has 0 aliphatic rings. The van der Waals surface area contributed by atoms with Crippen molar-refractivity contribution >= 4 is 17.2 Å². The van der Waals surface area contributed by atoms with Crippen LogP contribution in [0.2, 0.25) is 0 Å². The Balaban J connectivity index is 1.79. The minimum atomic E-state index is -0.231. The van der Waals surface area contributed by atoms with Gasteiger partial charge in [0, 0.05) is 6.20 Å². The van der Waals surface area contributed by atoms with Crippen LogP contribution < -0.4 is 10.9 Å². The molecule has 3 aromatic rings. The van der Waals surface area contributed by atoms with Crippen LogP contribution in [0.3, 0.4) is 0 Å². The number of hydrogen-bond donors (Lipinski definition) is 2. The van der Waals surface area contributed by atoms with Gasteiger partial charge in [0.25, 0.3) is 5.91 Å². The number of aryl methyl sites for hydroxylation is 1. The predicted octanol–water partition coefficient (Wildman–Crippen LogP) is 2.40. The Morgan fingerprint density at radius 1 is 1.20 bits per heavy atom. The second-order valence-electron chi connectivity index (χ2n) is 4.52. The van der Waals surface area contributed by atoms with Gasteiger partial charge in [-0.05, 0) is 36.8 Å². The lowest BCUT2D eigenvalue weighted by Crippen LogP contribution is -2.30. The molecule has 0 spiro atoms. The zero-order valence-electron chi connectivity index (χ0n) is 11.0. The number of rotatable bonds is 3. The molecule has 1 aromatic carbocycles. The number of hydrazine groups is 1.